The lowest BCUT2D eigenvalue weighted by molar-refractivity contribution is -0.0592. The van der Waals surface area contributed by atoms with Crippen molar-refractivity contribution in [1.82, 2.24) is 0 Å². The quantitative estimate of drug-likeness (QED) is 0.556. The van der Waals surface area contributed by atoms with E-state index in [2.05, 4.69) is 11.8 Å². The topological polar surface area (TPSA) is 4.36 Å². The molecule has 0 aliphatic heterocycles. The summed E-state index contributed by atoms with van der Waals surface area (Å²) in [6, 6.07) is 0.409. The summed E-state index contributed by atoms with van der Waals surface area (Å²) < 4.78 is 0. The van der Waals surface area contributed by atoms with Crippen molar-refractivity contribution in [2.24, 2.45) is 23.2 Å². The van der Waals surface area contributed by atoms with Crippen LogP contribution < -0.4 is 0 Å². The van der Waals surface area contributed by atoms with Gasteiger partial charge in [0.1, 0.15) is 0 Å². The predicted molar refractivity (Wildman–Crippen MR) is 56.7 cm³/mol. The fourth-order valence-corrected chi connectivity index (χ4v) is 4.81. The maximum absolute atomic E-state index is 7.32. The zero-order chi connectivity index (χ0) is 9.76. The van der Waals surface area contributed by atoms with Crippen LogP contribution in [0.3, 0.4) is 0 Å². The third-order valence-corrected chi connectivity index (χ3v) is 5.25. The molecule has 0 saturated heterocycles. The lowest BCUT2D eigenvalue weighted by Gasteiger charge is -2.56. The highest BCUT2D eigenvalue weighted by Crippen LogP contribution is 2.61. The van der Waals surface area contributed by atoms with Crippen molar-refractivity contribution in [3.8, 4) is 0 Å². The molecule has 2 atom stereocenters. The molecule has 0 aromatic rings. The zero-order valence-corrected chi connectivity index (χ0v) is 9.00. The Bertz CT molecular complexity index is 272. The van der Waals surface area contributed by atoms with Gasteiger partial charge in [-0.3, -0.25) is 0 Å². The molecule has 4 fully saturated rings. The Morgan fingerprint density at radius 3 is 2.36 bits per heavy atom. The molecule has 1 heteroatoms. The number of nitrogens with zero attached hydrogens (tertiary/aromatic N) is 1. The highest BCUT2D eigenvalue weighted by molar-refractivity contribution is 5.10. The molecule has 2 unspecified atom stereocenters. The molecule has 0 spiro atoms. The highest BCUT2D eigenvalue weighted by Gasteiger charge is 2.57. The summed E-state index contributed by atoms with van der Waals surface area (Å²) in [4.78, 5) is 3.90. The largest absolute Gasteiger partial charge is 0.313 e. The monoisotopic (exact) mass is 189 g/mol. The van der Waals surface area contributed by atoms with Crippen LogP contribution in [0.2, 0.25) is 0 Å². The van der Waals surface area contributed by atoms with Gasteiger partial charge in [0, 0.05) is 11.8 Å². The van der Waals surface area contributed by atoms with Crippen molar-refractivity contribution in [2.45, 2.75) is 51.5 Å². The Labute approximate surface area is 86.7 Å². The van der Waals surface area contributed by atoms with Gasteiger partial charge < -0.3 is 4.85 Å². The Morgan fingerprint density at radius 2 is 1.86 bits per heavy atom. The average Bonchev–Trinajstić information content (AvgIpc) is 2.17. The second-order valence-electron chi connectivity index (χ2n) is 5.94. The molecule has 14 heavy (non-hydrogen) atoms. The van der Waals surface area contributed by atoms with Crippen molar-refractivity contribution in [1.29, 1.82) is 0 Å². The van der Waals surface area contributed by atoms with Crippen LogP contribution in [0.15, 0.2) is 0 Å². The summed E-state index contributed by atoms with van der Waals surface area (Å²) in [5.41, 5.74) is 0.678. The van der Waals surface area contributed by atoms with E-state index in [9.17, 15) is 0 Å². The Morgan fingerprint density at radius 1 is 1.21 bits per heavy atom. The maximum atomic E-state index is 7.32. The van der Waals surface area contributed by atoms with Crippen LogP contribution in [-0.4, -0.2) is 6.04 Å². The van der Waals surface area contributed by atoms with E-state index < -0.39 is 0 Å². The van der Waals surface area contributed by atoms with Crippen LogP contribution in [0, 0.1) is 29.7 Å². The van der Waals surface area contributed by atoms with E-state index in [4.69, 9.17) is 6.57 Å². The van der Waals surface area contributed by atoms with Crippen molar-refractivity contribution in [3.05, 3.63) is 11.4 Å². The van der Waals surface area contributed by atoms with Crippen molar-refractivity contribution in [3.63, 3.8) is 0 Å². The molecular weight excluding hydrogens is 170 g/mol. The summed E-state index contributed by atoms with van der Waals surface area (Å²) in [5, 5.41) is 0. The Kier molecular flexibility index (Phi) is 1.72. The fourth-order valence-electron chi connectivity index (χ4n) is 4.81. The summed E-state index contributed by atoms with van der Waals surface area (Å²) in [5.74, 6) is 2.54. The third-order valence-electron chi connectivity index (χ3n) is 5.25. The van der Waals surface area contributed by atoms with E-state index in [1.807, 2.05) is 0 Å². The van der Waals surface area contributed by atoms with Gasteiger partial charge in [-0.2, -0.15) is 0 Å². The molecule has 4 bridgehead atoms. The molecule has 4 saturated carbocycles. The average molecular weight is 189 g/mol. The molecule has 0 heterocycles. The van der Waals surface area contributed by atoms with E-state index in [0.717, 1.165) is 17.8 Å². The molecule has 0 aromatic carbocycles. The van der Waals surface area contributed by atoms with Gasteiger partial charge in [-0.05, 0) is 43.4 Å². The molecule has 1 nitrogen and oxygen atoms in total. The predicted octanol–water partition coefficient (Wildman–Crippen LogP) is 3.51. The maximum Gasteiger partial charge on any atom is 0.229 e. The molecule has 0 N–H and O–H groups in total. The summed E-state index contributed by atoms with van der Waals surface area (Å²) >= 11 is 0. The van der Waals surface area contributed by atoms with Gasteiger partial charge in [0.25, 0.3) is 0 Å². The zero-order valence-electron chi connectivity index (χ0n) is 9.00. The first-order valence-corrected chi connectivity index (χ1v) is 6.13. The number of hydrogen-bond donors (Lipinski definition) is 0. The molecule has 76 valence electrons. The molecule has 0 radical (unpaired) electrons. The van der Waals surface area contributed by atoms with Crippen LogP contribution in [0.5, 0.6) is 0 Å². The minimum Gasteiger partial charge on any atom is -0.313 e. The Hall–Kier alpha value is -0.510. The molecule has 4 aliphatic carbocycles. The van der Waals surface area contributed by atoms with Crippen LogP contribution in [0.4, 0.5) is 0 Å². The lowest BCUT2D eigenvalue weighted by atomic mass is 9.47. The van der Waals surface area contributed by atoms with Crippen molar-refractivity contribution >= 4 is 0 Å². The molecule has 0 amide bonds. The minimum absolute atomic E-state index is 0.409. The smallest absolute Gasteiger partial charge is 0.229 e. The summed E-state index contributed by atoms with van der Waals surface area (Å²) in [6.07, 6.45) is 8.37. The standard InChI is InChI=1S/C13H19N/c1-3-13-6-9-4-10(7-13)12(14-2)11(5-9)8-13/h9-12H,3-8H2,1H3. The van der Waals surface area contributed by atoms with Crippen molar-refractivity contribution < 1.29 is 0 Å². The summed E-state index contributed by atoms with van der Waals surface area (Å²) in [7, 11) is 0. The van der Waals surface area contributed by atoms with Gasteiger partial charge in [-0.25, -0.2) is 6.57 Å². The van der Waals surface area contributed by atoms with E-state index in [1.54, 1.807) is 0 Å². The van der Waals surface area contributed by atoms with Crippen LogP contribution in [0.25, 0.3) is 4.85 Å². The van der Waals surface area contributed by atoms with Gasteiger partial charge in [0.2, 0.25) is 6.04 Å². The van der Waals surface area contributed by atoms with E-state index >= 15 is 0 Å². The second-order valence-corrected chi connectivity index (χ2v) is 5.94. The highest BCUT2D eigenvalue weighted by atomic mass is 14.8. The van der Waals surface area contributed by atoms with Gasteiger partial charge in [-0.1, -0.05) is 13.3 Å². The third kappa shape index (κ3) is 1.00. The second kappa shape index (κ2) is 2.75. The van der Waals surface area contributed by atoms with Gasteiger partial charge in [-0.15, -0.1) is 0 Å². The van der Waals surface area contributed by atoms with E-state index in [1.165, 1.54) is 38.5 Å². The van der Waals surface area contributed by atoms with Crippen LogP contribution in [-0.2, 0) is 0 Å². The van der Waals surface area contributed by atoms with Crippen LogP contribution in [0.1, 0.15) is 45.4 Å². The fraction of sp³-hybridized carbons (Fsp3) is 0.923. The van der Waals surface area contributed by atoms with E-state index in [0.29, 0.717) is 11.5 Å². The number of hydrogen-bond acceptors (Lipinski definition) is 0. The first-order valence-electron chi connectivity index (χ1n) is 6.13. The number of rotatable bonds is 1. The summed E-state index contributed by atoms with van der Waals surface area (Å²) in [6.45, 7) is 9.68. The van der Waals surface area contributed by atoms with E-state index in [-0.39, 0.29) is 0 Å². The first kappa shape index (κ1) is 8.77. The normalized spacial score (nSPS) is 54.6. The van der Waals surface area contributed by atoms with Crippen molar-refractivity contribution in [2.75, 3.05) is 0 Å². The van der Waals surface area contributed by atoms with Gasteiger partial charge in [0.05, 0.1) is 0 Å². The first-order chi connectivity index (χ1) is 6.76. The molecular formula is C13H19N. The van der Waals surface area contributed by atoms with Gasteiger partial charge in [0.15, 0.2) is 0 Å². The van der Waals surface area contributed by atoms with Crippen LogP contribution >= 0.6 is 0 Å². The Balaban J connectivity index is 1.92. The lowest BCUT2D eigenvalue weighted by Crippen LogP contribution is -2.52. The SMILES string of the molecule is [C-]#[N+]C1C2CC3CC1CC(CC)(C3)C2. The molecule has 4 rings (SSSR count). The molecule has 4 aliphatic rings. The van der Waals surface area contributed by atoms with Gasteiger partial charge >= 0.3 is 0 Å². The molecule has 0 aromatic heterocycles. The minimum atomic E-state index is 0.409.